The van der Waals surface area contributed by atoms with Gasteiger partial charge in [0.15, 0.2) is 0 Å². The lowest BCUT2D eigenvalue weighted by Gasteiger charge is -2.39. The van der Waals surface area contributed by atoms with E-state index in [9.17, 15) is 9.90 Å². The van der Waals surface area contributed by atoms with E-state index in [2.05, 4.69) is 12.1 Å². The molecule has 1 aliphatic heterocycles. The Bertz CT molecular complexity index is 856. The summed E-state index contributed by atoms with van der Waals surface area (Å²) in [6, 6.07) is 20.1. The van der Waals surface area contributed by atoms with Crippen LogP contribution < -0.4 is 0 Å². The molecule has 0 amide bonds. The van der Waals surface area contributed by atoms with Crippen molar-refractivity contribution >= 4 is 17.7 Å². The van der Waals surface area contributed by atoms with Crippen LogP contribution in [-0.2, 0) is 21.6 Å². The minimum Gasteiger partial charge on any atom is -0.511 e. The zero-order chi connectivity index (χ0) is 20.1. The third-order valence-electron chi connectivity index (χ3n) is 5.81. The van der Waals surface area contributed by atoms with E-state index in [0.717, 1.165) is 30.6 Å². The van der Waals surface area contributed by atoms with E-state index in [1.165, 1.54) is 36.1 Å². The first kappa shape index (κ1) is 20.1. The monoisotopic (exact) mass is 407 g/mol. The molecule has 1 heterocycles. The van der Waals surface area contributed by atoms with Crippen LogP contribution in [0.4, 0.5) is 0 Å². The van der Waals surface area contributed by atoms with Crippen LogP contribution in [0.25, 0.3) is 0 Å². The number of carbonyl (C=O) groups is 1. The lowest BCUT2D eigenvalue weighted by molar-refractivity contribution is -0.159. The molecule has 1 N–H and O–H groups in total. The molecule has 151 valence electrons. The first-order valence-corrected chi connectivity index (χ1v) is 11.4. The van der Waals surface area contributed by atoms with Crippen molar-refractivity contribution in [1.29, 1.82) is 0 Å². The maximum absolute atomic E-state index is 12.9. The van der Waals surface area contributed by atoms with Gasteiger partial charge in [-0.15, -0.1) is 11.8 Å². The largest absolute Gasteiger partial charge is 0.511 e. The van der Waals surface area contributed by atoms with Gasteiger partial charge in [-0.1, -0.05) is 73.5 Å². The van der Waals surface area contributed by atoms with Crippen LogP contribution in [0.15, 0.2) is 71.3 Å². The first-order valence-electron chi connectivity index (χ1n) is 10.4. The highest BCUT2D eigenvalue weighted by molar-refractivity contribution is 8.04. The number of aryl methyl sites for hydroxylation is 1. The molecule has 4 heteroatoms. The molecule has 1 aliphatic carbocycles. The number of aliphatic hydroxyl groups is 1. The Hall–Kier alpha value is -2.20. The maximum Gasteiger partial charge on any atom is 0.348 e. The minimum atomic E-state index is -0.786. The van der Waals surface area contributed by atoms with Crippen LogP contribution in [0.5, 0.6) is 0 Å². The predicted molar refractivity (Wildman–Crippen MR) is 117 cm³/mol. The average molecular weight is 408 g/mol. The first-order chi connectivity index (χ1) is 14.2. The number of rotatable bonds is 7. The fourth-order valence-electron chi connectivity index (χ4n) is 4.35. The van der Waals surface area contributed by atoms with E-state index in [0.29, 0.717) is 17.7 Å². The van der Waals surface area contributed by atoms with Gasteiger partial charge in [0, 0.05) is 5.75 Å². The molecule has 1 saturated carbocycles. The number of cyclic esters (lactones) is 1. The van der Waals surface area contributed by atoms with Crippen molar-refractivity contribution in [3.8, 4) is 0 Å². The van der Waals surface area contributed by atoms with Gasteiger partial charge in [0.1, 0.15) is 16.3 Å². The van der Waals surface area contributed by atoms with Crippen LogP contribution in [0, 0.1) is 5.92 Å². The molecular formula is C25H27O3S. The summed E-state index contributed by atoms with van der Waals surface area (Å²) in [4.78, 5) is 13.3. The van der Waals surface area contributed by atoms with Crippen molar-refractivity contribution < 1.29 is 14.6 Å². The number of esters is 1. The van der Waals surface area contributed by atoms with Crippen LogP contribution in [-0.4, -0.2) is 16.8 Å². The van der Waals surface area contributed by atoms with E-state index in [4.69, 9.17) is 4.74 Å². The summed E-state index contributed by atoms with van der Waals surface area (Å²) in [7, 11) is 0. The van der Waals surface area contributed by atoms with E-state index < -0.39 is 11.6 Å². The summed E-state index contributed by atoms with van der Waals surface area (Å²) < 4.78 is 6.11. The van der Waals surface area contributed by atoms with Gasteiger partial charge in [-0.2, -0.15) is 0 Å². The summed E-state index contributed by atoms with van der Waals surface area (Å²) in [5.41, 5.74) is 1.40. The van der Waals surface area contributed by atoms with Crippen molar-refractivity contribution in [2.24, 2.45) is 0 Å². The number of aliphatic hydroxyl groups excluding tert-OH is 1. The van der Waals surface area contributed by atoms with Gasteiger partial charge in [-0.05, 0) is 42.7 Å². The Morgan fingerprint density at radius 3 is 2.28 bits per heavy atom. The highest BCUT2D eigenvalue weighted by Gasteiger charge is 2.45. The molecule has 1 atom stereocenters. The lowest BCUT2D eigenvalue weighted by atomic mass is 9.79. The van der Waals surface area contributed by atoms with Gasteiger partial charge in [-0.25, -0.2) is 4.79 Å². The fraction of sp³-hybridized carbons (Fsp3) is 0.360. The SMILES string of the molecule is O=C1OC(C[C]2CCCC2)(c2ccccc2)CC(O)=C1SCCc1ccccc1. The third kappa shape index (κ3) is 4.69. The number of benzene rings is 2. The smallest absolute Gasteiger partial charge is 0.348 e. The topological polar surface area (TPSA) is 46.5 Å². The van der Waals surface area contributed by atoms with Crippen LogP contribution in [0.3, 0.4) is 0 Å². The molecule has 0 bridgehead atoms. The summed E-state index contributed by atoms with van der Waals surface area (Å²) in [6.45, 7) is 0. The van der Waals surface area contributed by atoms with Crippen LogP contribution >= 0.6 is 11.8 Å². The average Bonchev–Trinajstić information content (AvgIpc) is 3.24. The quantitative estimate of drug-likeness (QED) is 0.562. The second-order valence-corrected chi connectivity index (χ2v) is 9.03. The molecule has 2 aromatic carbocycles. The Balaban J connectivity index is 1.52. The summed E-state index contributed by atoms with van der Waals surface area (Å²) in [6.07, 6.45) is 6.49. The summed E-state index contributed by atoms with van der Waals surface area (Å²) >= 11 is 1.40. The number of ether oxygens (including phenoxy) is 1. The molecule has 2 aromatic rings. The van der Waals surface area contributed by atoms with Crippen LogP contribution in [0.1, 0.15) is 49.7 Å². The van der Waals surface area contributed by atoms with Gasteiger partial charge in [0.2, 0.25) is 0 Å². The molecule has 3 nitrogen and oxygen atoms in total. The molecule has 1 unspecified atom stereocenters. The molecule has 1 radical (unpaired) electrons. The van der Waals surface area contributed by atoms with Crippen molar-refractivity contribution in [3.63, 3.8) is 0 Å². The van der Waals surface area contributed by atoms with Gasteiger partial charge in [-0.3, -0.25) is 0 Å². The van der Waals surface area contributed by atoms with E-state index in [1.54, 1.807) is 0 Å². The Kier molecular flexibility index (Phi) is 6.29. The third-order valence-corrected chi connectivity index (χ3v) is 6.91. The lowest BCUT2D eigenvalue weighted by Crippen LogP contribution is -2.38. The van der Waals surface area contributed by atoms with Gasteiger partial charge < -0.3 is 9.84 Å². The standard InChI is InChI=1S/C25H27O3S/c26-22-18-25(17-20-11-7-8-12-20,21-13-5-2-6-14-21)28-24(27)23(22)29-16-15-19-9-3-1-4-10-19/h1-6,9-10,13-14,26H,7-8,11-12,15-18H2. The second-order valence-electron chi connectivity index (χ2n) is 7.92. The molecule has 29 heavy (non-hydrogen) atoms. The van der Waals surface area contributed by atoms with Crippen molar-refractivity contribution in [1.82, 2.24) is 0 Å². The number of carbonyl (C=O) groups excluding carboxylic acids is 1. The number of thioether (sulfide) groups is 1. The molecule has 0 saturated heterocycles. The fourth-order valence-corrected chi connectivity index (χ4v) is 5.29. The number of hydrogen-bond donors (Lipinski definition) is 1. The van der Waals surface area contributed by atoms with Gasteiger partial charge >= 0.3 is 5.97 Å². The predicted octanol–water partition coefficient (Wildman–Crippen LogP) is 6.11. The molecule has 1 fully saturated rings. The van der Waals surface area contributed by atoms with Gasteiger partial charge in [0.25, 0.3) is 0 Å². The molecular weight excluding hydrogens is 380 g/mol. The van der Waals surface area contributed by atoms with Crippen LogP contribution in [0.2, 0.25) is 0 Å². The Labute approximate surface area is 177 Å². The second kappa shape index (κ2) is 9.08. The molecule has 4 rings (SSSR count). The number of hydrogen-bond acceptors (Lipinski definition) is 4. The molecule has 0 aromatic heterocycles. The van der Waals surface area contributed by atoms with E-state index >= 15 is 0 Å². The zero-order valence-electron chi connectivity index (χ0n) is 16.6. The Morgan fingerprint density at radius 1 is 0.966 bits per heavy atom. The highest BCUT2D eigenvalue weighted by Crippen LogP contribution is 2.47. The van der Waals surface area contributed by atoms with Crippen molar-refractivity contribution in [2.75, 3.05) is 5.75 Å². The summed E-state index contributed by atoms with van der Waals surface area (Å²) in [5, 5.41) is 10.9. The normalized spacial score (nSPS) is 22.7. The van der Waals surface area contributed by atoms with Crippen molar-refractivity contribution in [2.45, 2.75) is 50.5 Å². The zero-order valence-corrected chi connectivity index (χ0v) is 17.4. The minimum absolute atomic E-state index is 0.168. The maximum atomic E-state index is 12.9. The van der Waals surface area contributed by atoms with Crippen molar-refractivity contribution in [3.05, 3.63) is 88.4 Å². The van der Waals surface area contributed by atoms with Gasteiger partial charge in [0.05, 0.1) is 6.42 Å². The molecule has 0 spiro atoms. The van der Waals surface area contributed by atoms with E-state index in [1.807, 2.05) is 48.5 Å². The summed E-state index contributed by atoms with van der Waals surface area (Å²) in [5.74, 6) is 1.94. The Morgan fingerprint density at radius 2 is 1.62 bits per heavy atom. The van der Waals surface area contributed by atoms with E-state index in [-0.39, 0.29) is 5.76 Å². The molecule has 2 aliphatic rings. The highest BCUT2D eigenvalue weighted by atomic mass is 32.2.